The van der Waals surface area contributed by atoms with Crippen LogP contribution in [-0.2, 0) is 7.05 Å². The number of nitrogens with zero attached hydrogens (tertiary/aromatic N) is 4. The third-order valence-corrected chi connectivity index (χ3v) is 2.18. The molecule has 0 fully saturated rings. The Kier molecular flexibility index (Phi) is 1.98. The summed E-state index contributed by atoms with van der Waals surface area (Å²) in [5.74, 6) is 1.20. The van der Waals surface area contributed by atoms with Gasteiger partial charge in [-0.3, -0.25) is 4.68 Å². The second-order valence-electron chi connectivity index (χ2n) is 3.85. The van der Waals surface area contributed by atoms with Gasteiger partial charge in [0.25, 0.3) is 0 Å². The van der Waals surface area contributed by atoms with E-state index in [1.54, 1.807) is 4.68 Å². The summed E-state index contributed by atoms with van der Waals surface area (Å²) in [6, 6.07) is 0. The Hall–Kier alpha value is -1.45. The summed E-state index contributed by atoms with van der Waals surface area (Å²) in [6.07, 6.45) is 1.98. The molecule has 2 aromatic heterocycles. The van der Waals surface area contributed by atoms with E-state index in [0.717, 1.165) is 22.6 Å². The Morgan fingerprint density at radius 2 is 2.00 bits per heavy atom. The number of rotatable bonds is 1. The number of aromatic nitrogens is 4. The molecule has 2 aromatic rings. The normalized spacial score (nSPS) is 11.5. The first-order valence-corrected chi connectivity index (χ1v) is 4.76. The first-order chi connectivity index (χ1) is 6.58. The van der Waals surface area contributed by atoms with Gasteiger partial charge in [0.05, 0.1) is 11.1 Å². The van der Waals surface area contributed by atoms with Gasteiger partial charge >= 0.3 is 0 Å². The van der Waals surface area contributed by atoms with Gasteiger partial charge in [-0.15, -0.1) is 0 Å². The van der Waals surface area contributed by atoms with Crippen molar-refractivity contribution in [2.75, 3.05) is 0 Å². The predicted octanol–water partition coefficient (Wildman–Crippen LogP) is 1.80. The molecule has 0 amide bonds. The first kappa shape index (κ1) is 9.12. The second kappa shape index (κ2) is 3.04. The molecule has 0 aliphatic carbocycles. The molecule has 0 aliphatic rings. The number of aryl methyl sites for hydroxylation is 2. The van der Waals surface area contributed by atoms with Crippen LogP contribution in [-0.4, -0.2) is 19.7 Å². The van der Waals surface area contributed by atoms with Crippen molar-refractivity contribution >= 4 is 11.0 Å². The van der Waals surface area contributed by atoms with Crippen molar-refractivity contribution < 1.29 is 0 Å². The van der Waals surface area contributed by atoms with Crippen LogP contribution >= 0.6 is 0 Å². The van der Waals surface area contributed by atoms with E-state index >= 15 is 0 Å². The zero-order valence-electron chi connectivity index (χ0n) is 8.94. The molecule has 4 nitrogen and oxygen atoms in total. The Balaban J connectivity index is 2.79. The molecule has 14 heavy (non-hydrogen) atoms. The van der Waals surface area contributed by atoms with E-state index in [1.165, 1.54) is 0 Å². The van der Waals surface area contributed by atoms with Crippen molar-refractivity contribution in [3.8, 4) is 0 Å². The average Bonchev–Trinajstić information content (AvgIpc) is 2.42. The molecule has 0 bridgehead atoms. The molecule has 4 heteroatoms. The van der Waals surface area contributed by atoms with E-state index in [0.29, 0.717) is 5.92 Å². The van der Waals surface area contributed by atoms with Crippen molar-refractivity contribution in [3.05, 3.63) is 17.7 Å². The Morgan fingerprint density at radius 1 is 1.29 bits per heavy atom. The van der Waals surface area contributed by atoms with Crippen molar-refractivity contribution in [2.24, 2.45) is 7.05 Å². The van der Waals surface area contributed by atoms with Crippen molar-refractivity contribution in [3.63, 3.8) is 0 Å². The maximum absolute atomic E-state index is 4.45. The SMILES string of the molecule is Cc1nc(C(C)C)c2cn(C)nc2n1. The lowest BCUT2D eigenvalue weighted by molar-refractivity contribution is 0.775. The van der Waals surface area contributed by atoms with Crippen LogP contribution in [0, 0.1) is 6.92 Å². The minimum absolute atomic E-state index is 0.406. The standard InChI is InChI=1S/C10H14N4/c1-6(2)9-8-5-14(4)13-10(8)12-7(3)11-9/h5-6H,1-4H3. The highest BCUT2D eigenvalue weighted by atomic mass is 15.3. The third-order valence-electron chi connectivity index (χ3n) is 2.18. The zero-order valence-corrected chi connectivity index (χ0v) is 8.94. The fourth-order valence-corrected chi connectivity index (χ4v) is 1.59. The van der Waals surface area contributed by atoms with Crippen molar-refractivity contribution in [1.82, 2.24) is 19.7 Å². The van der Waals surface area contributed by atoms with Gasteiger partial charge in [-0.05, 0) is 12.8 Å². The molecule has 0 aromatic carbocycles. The zero-order chi connectivity index (χ0) is 10.3. The Morgan fingerprint density at radius 3 is 2.64 bits per heavy atom. The van der Waals surface area contributed by atoms with Crippen molar-refractivity contribution in [2.45, 2.75) is 26.7 Å². The van der Waals surface area contributed by atoms with Gasteiger partial charge in [0.15, 0.2) is 5.65 Å². The summed E-state index contributed by atoms with van der Waals surface area (Å²) in [4.78, 5) is 8.75. The van der Waals surface area contributed by atoms with Crippen molar-refractivity contribution in [1.29, 1.82) is 0 Å². The van der Waals surface area contributed by atoms with E-state index < -0.39 is 0 Å². The van der Waals surface area contributed by atoms with Crippen LogP contribution in [0.5, 0.6) is 0 Å². The number of hydrogen-bond donors (Lipinski definition) is 0. The molecule has 0 N–H and O–H groups in total. The summed E-state index contributed by atoms with van der Waals surface area (Å²) in [5.41, 5.74) is 1.88. The quantitative estimate of drug-likeness (QED) is 0.688. The third kappa shape index (κ3) is 1.36. The Labute approximate surface area is 83.0 Å². The van der Waals surface area contributed by atoms with Crippen LogP contribution in [0.25, 0.3) is 11.0 Å². The molecular weight excluding hydrogens is 176 g/mol. The summed E-state index contributed by atoms with van der Waals surface area (Å²) in [5, 5.41) is 5.35. The van der Waals surface area contributed by atoms with Gasteiger partial charge in [-0.25, -0.2) is 9.97 Å². The van der Waals surface area contributed by atoms with E-state index in [9.17, 15) is 0 Å². The topological polar surface area (TPSA) is 43.6 Å². The monoisotopic (exact) mass is 190 g/mol. The van der Waals surface area contributed by atoms with Crippen LogP contribution in [0.4, 0.5) is 0 Å². The van der Waals surface area contributed by atoms with Crippen LogP contribution in [0.2, 0.25) is 0 Å². The summed E-state index contributed by atoms with van der Waals surface area (Å²) >= 11 is 0. The molecule has 2 rings (SSSR count). The molecule has 0 atom stereocenters. The molecule has 0 saturated heterocycles. The average molecular weight is 190 g/mol. The fourth-order valence-electron chi connectivity index (χ4n) is 1.59. The van der Waals surface area contributed by atoms with Crippen LogP contribution in [0.1, 0.15) is 31.3 Å². The highest BCUT2D eigenvalue weighted by molar-refractivity contribution is 5.77. The maximum Gasteiger partial charge on any atom is 0.184 e. The molecule has 0 aliphatic heterocycles. The van der Waals surface area contributed by atoms with Gasteiger partial charge in [0.1, 0.15) is 5.82 Å². The largest absolute Gasteiger partial charge is 0.273 e. The van der Waals surface area contributed by atoms with Crippen LogP contribution < -0.4 is 0 Å². The first-order valence-electron chi connectivity index (χ1n) is 4.76. The van der Waals surface area contributed by atoms with Crippen LogP contribution in [0.3, 0.4) is 0 Å². The molecule has 74 valence electrons. The van der Waals surface area contributed by atoms with E-state index in [4.69, 9.17) is 0 Å². The van der Waals surface area contributed by atoms with Crippen LogP contribution in [0.15, 0.2) is 6.20 Å². The van der Waals surface area contributed by atoms with E-state index in [-0.39, 0.29) is 0 Å². The van der Waals surface area contributed by atoms with E-state index in [2.05, 4.69) is 28.9 Å². The smallest absolute Gasteiger partial charge is 0.184 e. The van der Waals surface area contributed by atoms with Gasteiger partial charge < -0.3 is 0 Å². The lowest BCUT2D eigenvalue weighted by atomic mass is 10.1. The van der Waals surface area contributed by atoms with Gasteiger partial charge in [0.2, 0.25) is 0 Å². The summed E-state index contributed by atoms with van der Waals surface area (Å²) < 4.78 is 1.78. The van der Waals surface area contributed by atoms with Gasteiger partial charge in [-0.1, -0.05) is 13.8 Å². The minimum atomic E-state index is 0.406. The highest BCUT2D eigenvalue weighted by Gasteiger charge is 2.11. The number of hydrogen-bond acceptors (Lipinski definition) is 3. The summed E-state index contributed by atoms with van der Waals surface area (Å²) in [7, 11) is 1.90. The maximum atomic E-state index is 4.45. The van der Waals surface area contributed by atoms with Gasteiger partial charge in [0, 0.05) is 13.2 Å². The van der Waals surface area contributed by atoms with Gasteiger partial charge in [-0.2, -0.15) is 5.10 Å². The number of fused-ring (bicyclic) bond motifs is 1. The van der Waals surface area contributed by atoms with E-state index in [1.807, 2.05) is 20.2 Å². The lowest BCUT2D eigenvalue weighted by Crippen LogP contribution is -1.98. The lowest BCUT2D eigenvalue weighted by Gasteiger charge is -2.05. The molecule has 0 spiro atoms. The molecule has 0 radical (unpaired) electrons. The summed E-state index contributed by atoms with van der Waals surface area (Å²) in [6.45, 7) is 6.17. The predicted molar refractivity (Wildman–Crippen MR) is 55.1 cm³/mol. The molecular formula is C10H14N4. The minimum Gasteiger partial charge on any atom is -0.273 e. The molecule has 0 saturated carbocycles. The highest BCUT2D eigenvalue weighted by Crippen LogP contribution is 2.21. The Bertz CT molecular complexity index is 470. The second-order valence-corrected chi connectivity index (χ2v) is 3.85. The molecule has 0 unspecified atom stereocenters. The fraction of sp³-hybridized carbons (Fsp3) is 0.500. The molecule has 2 heterocycles.